The van der Waals surface area contributed by atoms with Crippen LogP contribution in [0.2, 0.25) is 0 Å². The Morgan fingerprint density at radius 1 is 1.08 bits per heavy atom. The number of hydrogen-bond acceptors (Lipinski definition) is 3. The van der Waals surface area contributed by atoms with Crippen LogP contribution in [0.1, 0.15) is 38.8 Å². The van der Waals surface area contributed by atoms with E-state index in [-0.39, 0.29) is 11.3 Å². The summed E-state index contributed by atoms with van der Waals surface area (Å²) in [6.07, 6.45) is 4.58. The minimum Gasteiger partial charge on any atom is -0.481 e. The Morgan fingerprint density at radius 2 is 1.73 bits per heavy atom. The largest absolute Gasteiger partial charge is 0.481 e. The van der Waals surface area contributed by atoms with Crippen LogP contribution >= 0.6 is 0 Å². The van der Waals surface area contributed by atoms with Gasteiger partial charge in [-0.3, -0.25) is 4.79 Å². The molecule has 1 atom stereocenters. The fourth-order valence-corrected chi connectivity index (χ4v) is 2.24. The average Bonchev–Trinajstić information content (AvgIpc) is 2.62. The monoisotopic (exact) mass is 350 g/mol. The molecule has 0 fully saturated rings. The molecule has 1 amide bonds. The Kier molecular flexibility index (Phi) is 6.73. The maximum Gasteiger partial charge on any atom is 0.280 e. The molecule has 0 radical (unpaired) electrons. The number of hydrazone groups is 1. The third-order valence-electron chi connectivity index (χ3n) is 3.83. The molecule has 1 N–H and O–H groups in total. The molecule has 4 nitrogen and oxygen atoms in total. The highest BCUT2D eigenvalue weighted by molar-refractivity contribution is 5.83. The number of allylic oxidation sites excluding steroid dienone is 1. The lowest BCUT2D eigenvalue weighted by Gasteiger charge is -2.19. The van der Waals surface area contributed by atoms with Crippen molar-refractivity contribution < 1.29 is 9.53 Å². The molecule has 26 heavy (non-hydrogen) atoms. The Labute approximate surface area is 155 Å². The van der Waals surface area contributed by atoms with E-state index in [2.05, 4.69) is 31.3 Å². The number of ether oxygens (including phenoxy) is 1. The van der Waals surface area contributed by atoms with Crippen molar-refractivity contribution in [2.24, 2.45) is 5.10 Å². The molecule has 0 saturated heterocycles. The van der Waals surface area contributed by atoms with E-state index < -0.39 is 6.10 Å². The summed E-state index contributed by atoms with van der Waals surface area (Å²) in [5.41, 5.74) is 4.85. The lowest BCUT2D eigenvalue weighted by atomic mass is 9.87. The van der Waals surface area contributed by atoms with Crippen molar-refractivity contribution in [3.8, 4) is 5.75 Å². The van der Waals surface area contributed by atoms with Crippen molar-refractivity contribution >= 4 is 18.2 Å². The molecule has 0 bridgehead atoms. The fourth-order valence-electron chi connectivity index (χ4n) is 2.24. The normalized spacial score (nSPS) is 13.1. The molecule has 2 rings (SSSR count). The second kappa shape index (κ2) is 8.99. The average molecular weight is 350 g/mol. The molecule has 0 saturated carbocycles. The van der Waals surface area contributed by atoms with Crippen LogP contribution in [0.5, 0.6) is 5.75 Å². The van der Waals surface area contributed by atoms with E-state index in [9.17, 15) is 4.79 Å². The van der Waals surface area contributed by atoms with E-state index >= 15 is 0 Å². The van der Waals surface area contributed by atoms with Crippen molar-refractivity contribution in [2.75, 3.05) is 0 Å². The highest BCUT2D eigenvalue weighted by atomic mass is 16.5. The number of nitrogens with zero attached hydrogens (tertiary/aromatic N) is 1. The standard InChI is InChI=1S/C22H26N2O2/c1-17(26-20-14-12-19(13-15-20)22(2,3)4)21(25)24-23-16-8-11-18-9-6-5-7-10-18/h5-17H,1-4H3,(H,24,25)/b11-8+,23-16+. The summed E-state index contributed by atoms with van der Waals surface area (Å²) in [5.74, 6) is 0.364. The van der Waals surface area contributed by atoms with Crippen molar-refractivity contribution in [3.05, 3.63) is 71.8 Å². The molecule has 2 aromatic rings. The molecule has 0 aliphatic heterocycles. The highest BCUT2D eigenvalue weighted by Gasteiger charge is 2.16. The Balaban J connectivity index is 1.82. The van der Waals surface area contributed by atoms with E-state index in [4.69, 9.17) is 4.74 Å². The van der Waals surface area contributed by atoms with Crippen LogP contribution in [-0.4, -0.2) is 18.2 Å². The Hall–Kier alpha value is -2.88. The second-order valence-electron chi connectivity index (χ2n) is 7.06. The molecule has 0 spiro atoms. The molecule has 2 aromatic carbocycles. The van der Waals surface area contributed by atoms with Crippen LogP contribution in [-0.2, 0) is 10.2 Å². The van der Waals surface area contributed by atoms with Crippen LogP contribution in [0.3, 0.4) is 0 Å². The summed E-state index contributed by atoms with van der Waals surface area (Å²) >= 11 is 0. The zero-order valence-electron chi connectivity index (χ0n) is 15.8. The smallest absolute Gasteiger partial charge is 0.280 e. The number of nitrogens with one attached hydrogen (secondary N) is 1. The predicted octanol–water partition coefficient (Wildman–Crippen LogP) is 4.57. The molecule has 1 unspecified atom stereocenters. The van der Waals surface area contributed by atoms with E-state index in [1.54, 1.807) is 13.0 Å². The van der Waals surface area contributed by atoms with E-state index in [1.807, 2.05) is 60.7 Å². The number of hydrogen-bond donors (Lipinski definition) is 1. The number of rotatable bonds is 6. The van der Waals surface area contributed by atoms with Gasteiger partial charge in [-0.05, 0) is 41.7 Å². The number of benzene rings is 2. The SMILES string of the molecule is CC(Oc1ccc(C(C)(C)C)cc1)C(=O)N/N=C/C=C/c1ccccc1. The molecule has 0 heterocycles. The second-order valence-corrected chi connectivity index (χ2v) is 7.06. The first-order chi connectivity index (χ1) is 12.4. The first-order valence-electron chi connectivity index (χ1n) is 8.68. The quantitative estimate of drug-likeness (QED) is 0.613. The first-order valence-corrected chi connectivity index (χ1v) is 8.68. The van der Waals surface area contributed by atoms with Gasteiger partial charge in [-0.15, -0.1) is 0 Å². The van der Waals surface area contributed by atoms with Crippen LogP contribution < -0.4 is 10.2 Å². The van der Waals surface area contributed by atoms with Gasteiger partial charge in [-0.1, -0.05) is 69.3 Å². The molecule has 0 aliphatic rings. The molecule has 0 aliphatic carbocycles. The van der Waals surface area contributed by atoms with Gasteiger partial charge in [0.05, 0.1) is 0 Å². The molecule has 4 heteroatoms. The van der Waals surface area contributed by atoms with E-state index in [0.717, 1.165) is 5.56 Å². The maximum atomic E-state index is 12.0. The summed E-state index contributed by atoms with van der Waals surface area (Å²) in [5, 5.41) is 3.90. The first kappa shape index (κ1) is 19.4. The van der Waals surface area contributed by atoms with E-state index in [1.165, 1.54) is 11.8 Å². The minimum atomic E-state index is -0.634. The summed E-state index contributed by atoms with van der Waals surface area (Å²) in [6.45, 7) is 8.16. The number of amides is 1. The van der Waals surface area contributed by atoms with Crippen LogP contribution in [0.4, 0.5) is 0 Å². The Morgan fingerprint density at radius 3 is 2.35 bits per heavy atom. The van der Waals surface area contributed by atoms with Crippen LogP contribution in [0.15, 0.2) is 65.8 Å². The van der Waals surface area contributed by atoms with Crippen molar-refractivity contribution in [2.45, 2.75) is 39.2 Å². The van der Waals surface area contributed by atoms with Crippen molar-refractivity contribution in [3.63, 3.8) is 0 Å². The minimum absolute atomic E-state index is 0.0868. The van der Waals surface area contributed by atoms with Gasteiger partial charge in [-0.2, -0.15) is 5.10 Å². The Bertz CT molecular complexity index is 757. The molecular formula is C22H26N2O2. The summed E-state index contributed by atoms with van der Waals surface area (Å²) in [6, 6.07) is 17.7. The molecule has 136 valence electrons. The topological polar surface area (TPSA) is 50.7 Å². The number of carbonyl (C=O) groups is 1. The van der Waals surface area contributed by atoms with Gasteiger partial charge in [0.1, 0.15) is 5.75 Å². The van der Waals surface area contributed by atoms with Crippen molar-refractivity contribution in [1.82, 2.24) is 5.43 Å². The predicted molar refractivity (Wildman–Crippen MR) is 107 cm³/mol. The maximum absolute atomic E-state index is 12.0. The van der Waals surface area contributed by atoms with Gasteiger partial charge >= 0.3 is 0 Å². The molecule has 0 aromatic heterocycles. The highest BCUT2D eigenvalue weighted by Crippen LogP contribution is 2.24. The van der Waals surface area contributed by atoms with Crippen molar-refractivity contribution in [1.29, 1.82) is 0 Å². The zero-order valence-corrected chi connectivity index (χ0v) is 15.8. The zero-order chi connectivity index (χ0) is 19.0. The van der Waals surface area contributed by atoms with Gasteiger partial charge in [-0.25, -0.2) is 5.43 Å². The van der Waals surface area contributed by atoms with Gasteiger partial charge < -0.3 is 4.74 Å². The summed E-state index contributed by atoms with van der Waals surface area (Å²) in [4.78, 5) is 12.0. The van der Waals surface area contributed by atoms with E-state index in [0.29, 0.717) is 5.75 Å². The lowest BCUT2D eigenvalue weighted by molar-refractivity contribution is -0.127. The lowest BCUT2D eigenvalue weighted by Crippen LogP contribution is -2.33. The van der Waals surface area contributed by atoms with Gasteiger partial charge in [0, 0.05) is 6.21 Å². The van der Waals surface area contributed by atoms with Gasteiger partial charge in [0.25, 0.3) is 5.91 Å². The fraction of sp³-hybridized carbons (Fsp3) is 0.273. The summed E-state index contributed by atoms with van der Waals surface area (Å²) in [7, 11) is 0. The number of carbonyl (C=O) groups excluding carboxylic acids is 1. The summed E-state index contributed by atoms with van der Waals surface area (Å²) < 4.78 is 5.67. The van der Waals surface area contributed by atoms with Crippen LogP contribution in [0.25, 0.3) is 6.08 Å². The van der Waals surface area contributed by atoms with Gasteiger partial charge in [0.15, 0.2) is 6.10 Å². The molecular weight excluding hydrogens is 324 g/mol. The van der Waals surface area contributed by atoms with Crippen LogP contribution in [0, 0.1) is 0 Å². The van der Waals surface area contributed by atoms with Gasteiger partial charge in [0.2, 0.25) is 0 Å². The third kappa shape index (κ3) is 6.20. The third-order valence-corrected chi connectivity index (χ3v) is 3.83.